The molecule has 0 saturated carbocycles. The van der Waals surface area contributed by atoms with Crippen molar-refractivity contribution in [2.75, 3.05) is 12.4 Å². The number of methoxy groups -OCH3 is 1. The number of nitrogens with one attached hydrogen (secondary N) is 1. The summed E-state index contributed by atoms with van der Waals surface area (Å²) in [6, 6.07) is 11.4. The molecular weight excluding hydrogens is 261 g/mol. The highest BCUT2D eigenvalue weighted by Gasteiger charge is 2.10. The number of halogens is 1. The van der Waals surface area contributed by atoms with Gasteiger partial charge in [-0.1, -0.05) is 18.2 Å². The molecule has 2 N–H and O–H groups in total. The number of carboxylic acids is 1. The largest absolute Gasteiger partial charge is 0.495 e. The molecule has 0 aliphatic heterocycles. The second-order valence-electron chi connectivity index (χ2n) is 4.17. The van der Waals surface area contributed by atoms with Gasteiger partial charge in [0, 0.05) is 6.54 Å². The van der Waals surface area contributed by atoms with E-state index in [-0.39, 0.29) is 5.56 Å². The van der Waals surface area contributed by atoms with E-state index in [2.05, 4.69) is 5.32 Å². The topological polar surface area (TPSA) is 58.6 Å². The Balaban J connectivity index is 2.11. The lowest BCUT2D eigenvalue weighted by Crippen LogP contribution is -2.04. The van der Waals surface area contributed by atoms with Crippen LogP contribution in [-0.4, -0.2) is 18.2 Å². The van der Waals surface area contributed by atoms with Gasteiger partial charge in [0.2, 0.25) is 0 Å². The molecule has 0 fully saturated rings. The molecule has 0 aliphatic carbocycles. The first kappa shape index (κ1) is 13.9. The van der Waals surface area contributed by atoms with Crippen LogP contribution >= 0.6 is 0 Å². The van der Waals surface area contributed by atoms with Gasteiger partial charge in [0.25, 0.3) is 0 Å². The van der Waals surface area contributed by atoms with Gasteiger partial charge >= 0.3 is 5.97 Å². The lowest BCUT2D eigenvalue weighted by Gasteiger charge is -2.11. The molecule has 0 radical (unpaired) electrons. The summed E-state index contributed by atoms with van der Waals surface area (Å²) >= 11 is 0. The third kappa shape index (κ3) is 3.06. The van der Waals surface area contributed by atoms with Crippen LogP contribution in [0.4, 0.5) is 10.1 Å². The standard InChI is InChI=1S/C15H14FNO3/c1-20-14-5-3-2-4-13(14)17-9-10-6-7-11(15(18)19)12(16)8-10/h2-8,17H,9H2,1H3,(H,18,19). The Labute approximate surface area is 115 Å². The zero-order valence-corrected chi connectivity index (χ0v) is 10.9. The maximum Gasteiger partial charge on any atom is 0.338 e. The van der Waals surface area contributed by atoms with Crippen molar-refractivity contribution in [3.05, 3.63) is 59.4 Å². The van der Waals surface area contributed by atoms with E-state index in [9.17, 15) is 9.18 Å². The lowest BCUT2D eigenvalue weighted by atomic mass is 10.1. The number of hydrogen-bond donors (Lipinski definition) is 2. The van der Waals surface area contributed by atoms with Crippen LogP contribution in [0, 0.1) is 5.82 Å². The summed E-state index contributed by atoms with van der Waals surface area (Å²) in [7, 11) is 1.57. The SMILES string of the molecule is COc1ccccc1NCc1ccc(C(=O)O)c(F)c1. The average Bonchev–Trinajstić information content (AvgIpc) is 2.45. The Morgan fingerprint density at radius 1 is 1.30 bits per heavy atom. The van der Waals surface area contributed by atoms with Crippen molar-refractivity contribution in [2.24, 2.45) is 0 Å². The van der Waals surface area contributed by atoms with Gasteiger partial charge < -0.3 is 15.2 Å². The smallest absolute Gasteiger partial charge is 0.338 e. The fourth-order valence-electron chi connectivity index (χ4n) is 1.83. The van der Waals surface area contributed by atoms with E-state index in [0.29, 0.717) is 17.9 Å². The molecule has 0 bridgehead atoms. The Morgan fingerprint density at radius 2 is 2.05 bits per heavy atom. The van der Waals surface area contributed by atoms with Gasteiger partial charge in [-0.25, -0.2) is 9.18 Å². The third-order valence-corrected chi connectivity index (χ3v) is 2.85. The van der Waals surface area contributed by atoms with Crippen molar-refractivity contribution in [1.29, 1.82) is 0 Å². The van der Waals surface area contributed by atoms with Crippen LogP contribution in [0.1, 0.15) is 15.9 Å². The molecule has 0 atom stereocenters. The Bertz CT molecular complexity index is 628. The van der Waals surface area contributed by atoms with Crippen molar-refractivity contribution in [2.45, 2.75) is 6.54 Å². The first-order chi connectivity index (χ1) is 9.61. The number of carboxylic acid groups (broad SMARTS) is 1. The molecule has 20 heavy (non-hydrogen) atoms. The van der Waals surface area contributed by atoms with Crippen molar-refractivity contribution in [3.8, 4) is 5.75 Å². The maximum absolute atomic E-state index is 13.5. The van der Waals surface area contributed by atoms with Crippen molar-refractivity contribution in [1.82, 2.24) is 0 Å². The van der Waals surface area contributed by atoms with Gasteiger partial charge in [-0.2, -0.15) is 0 Å². The summed E-state index contributed by atoms with van der Waals surface area (Å²) in [5, 5.41) is 11.9. The summed E-state index contributed by atoms with van der Waals surface area (Å²) in [6.45, 7) is 0.372. The normalized spacial score (nSPS) is 10.1. The van der Waals surface area contributed by atoms with E-state index in [4.69, 9.17) is 9.84 Å². The summed E-state index contributed by atoms with van der Waals surface area (Å²) < 4.78 is 18.7. The van der Waals surface area contributed by atoms with Crippen LogP contribution in [0.15, 0.2) is 42.5 Å². The van der Waals surface area contributed by atoms with Gasteiger partial charge in [0.15, 0.2) is 0 Å². The third-order valence-electron chi connectivity index (χ3n) is 2.85. The molecule has 2 aromatic carbocycles. The number of para-hydroxylation sites is 2. The number of carbonyl (C=O) groups is 1. The molecule has 0 unspecified atom stereocenters. The predicted molar refractivity (Wildman–Crippen MR) is 73.7 cm³/mol. The first-order valence-electron chi connectivity index (χ1n) is 6.00. The van der Waals surface area contributed by atoms with Crippen LogP contribution in [0.5, 0.6) is 5.75 Å². The van der Waals surface area contributed by atoms with Gasteiger partial charge in [-0.05, 0) is 29.8 Å². The highest BCUT2D eigenvalue weighted by molar-refractivity contribution is 5.87. The number of benzene rings is 2. The van der Waals surface area contributed by atoms with E-state index in [1.807, 2.05) is 24.3 Å². The van der Waals surface area contributed by atoms with E-state index >= 15 is 0 Å². The molecule has 0 aromatic heterocycles. The highest BCUT2D eigenvalue weighted by atomic mass is 19.1. The Kier molecular flexibility index (Phi) is 4.20. The molecule has 104 valence electrons. The number of hydrogen-bond acceptors (Lipinski definition) is 3. The number of aromatic carboxylic acids is 1. The summed E-state index contributed by atoms with van der Waals surface area (Å²) in [6.07, 6.45) is 0. The average molecular weight is 275 g/mol. The van der Waals surface area contributed by atoms with Crippen molar-refractivity contribution >= 4 is 11.7 Å². The minimum absolute atomic E-state index is 0.328. The highest BCUT2D eigenvalue weighted by Crippen LogP contribution is 2.23. The van der Waals surface area contributed by atoms with Crippen LogP contribution in [0.2, 0.25) is 0 Å². The molecule has 4 nitrogen and oxygen atoms in total. The second kappa shape index (κ2) is 6.06. The summed E-state index contributed by atoms with van der Waals surface area (Å²) in [4.78, 5) is 10.7. The van der Waals surface area contributed by atoms with Crippen LogP contribution in [0.3, 0.4) is 0 Å². The van der Waals surface area contributed by atoms with Crippen molar-refractivity contribution in [3.63, 3.8) is 0 Å². The number of ether oxygens (including phenoxy) is 1. The van der Waals surface area contributed by atoms with E-state index in [0.717, 1.165) is 5.69 Å². The minimum Gasteiger partial charge on any atom is -0.495 e. The zero-order chi connectivity index (χ0) is 14.5. The molecule has 5 heteroatoms. The zero-order valence-electron chi connectivity index (χ0n) is 10.9. The summed E-state index contributed by atoms with van der Waals surface area (Å²) in [5.74, 6) is -1.32. The molecular formula is C15H14FNO3. The second-order valence-corrected chi connectivity index (χ2v) is 4.17. The van der Waals surface area contributed by atoms with Gasteiger partial charge in [0.1, 0.15) is 11.6 Å². The molecule has 0 heterocycles. The Morgan fingerprint density at radius 3 is 2.70 bits per heavy atom. The Hall–Kier alpha value is -2.56. The fraction of sp³-hybridized carbons (Fsp3) is 0.133. The quantitative estimate of drug-likeness (QED) is 0.880. The number of anilines is 1. The molecule has 0 aliphatic rings. The van der Waals surface area contributed by atoms with Crippen LogP contribution < -0.4 is 10.1 Å². The lowest BCUT2D eigenvalue weighted by molar-refractivity contribution is 0.0692. The van der Waals surface area contributed by atoms with Crippen LogP contribution in [0.25, 0.3) is 0 Å². The van der Waals surface area contributed by atoms with E-state index in [1.54, 1.807) is 13.2 Å². The van der Waals surface area contributed by atoms with Gasteiger partial charge in [-0.15, -0.1) is 0 Å². The van der Waals surface area contributed by atoms with Crippen LogP contribution in [-0.2, 0) is 6.54 Å². The first-order valence-corrected chi connectivity index (χ1v) is 6.00. The molecule has 2 rings (SSSR count). The molecule has 0 spiro atoms. The van der Waals surface area contributed by atoms with Gasteiger partial charge in [0.05, 0.1) is 18.4 Å². The minimum atomic E-state index is -1.27. The summed E-state index contributed by atoms with van der Waals surface area (Å²) in [5.41, 5.74) is 1.11. The van der Waals surface area contributed by atoms with Crippen molar-refractivity contribution < 1.29 is 19.0 Å². The molecule has 0 saturated heterocycles. The number of rotatable bonds is 5. The predicted octanol–water partition coefficient (Wildman–Crippen LogP) is 3.14. The maximum atomic E-state index is 13.5. The van der Waals surface area contributed by atoms with E-state index in [1.165, 1.54) is 12.1 Å². The molecule has 2 aromatic rings. The van der Waals surface area contributed by atoms with Gasteiger partial charge in [-0.3, -0.25) is 0 Å². The molecule has 0 amide bonds. The fourth-order valence-corrected chi connectivity index (χ4v) is 1.83. The van der Waals surface area contributed by atoms with E-state index < -0.39 is 11.8 Å². The monoisotopic (exact) mass is 275 g/mol.